The Morgan fingerprint density at radius 3 is 2.26 bits per heavy atom. The Morgan fingerprint density at radius 1 is 1.05 bits per heavy atom. The van der Waals surface area contributed by atoms with Crippen molar-refractivity contribution in [2.45, 2.75) is 10.8 Å². The molecule has 0 spiro atoms. The van der Waals surface area contributed by atoms with Crippen LogP contribution in [0.5, 0.6) is 0 Å². The molecule has 7 heteroatoms. The second-order valence-corrected chi connectivity index (χ2v) is 6.57. The maximum absolute atomic E-state index is 12.2. The van der Waals surface area contributed by atoms with Crippen molar-refractivity contribution in [3.63, 3.8) is 0 Å². The number of halogens is 2. The van der Waals surface area contributed by atoms with E-state index in [2.05, 4.69) is 0 Å². The van der Waals surface area contributed by atoms with Crippen LogP contribution in [0, 0.1) is 5.21 Å². The van der Waals surface area contributed by atoms with Crippen molar-refractivity contribution < 1.29 is 13.1 Å². The molecule has 4 nitrogen and oxygen atoms in total. The van der Waals surface area contributed by atoms with Gasteiger partial charge in [-0.3, -0.25) is 0 Å². The van der Waals surface area contributed by atoms with Crippen molar-refractivity contribution in [1.29, 1.82) is 0 Å². The minimum absolute atomic E-state index is 0.254. The van der Waals surface area contributed by atoms with Crippen LogP contribution in [0.25, 0.3) is 0 Å². The second-order valence-electron chi connectivity index (χ2n) is 3.82. The number of sulfone groups is 1. The summed E-state index contributed by atoms with van der Waals surface area (Å²) < 4.78 is 24.7. The van der Waals surface area contributed by atoms with E-state index in [0.29, 0.717) is 4.73 Å². The number of benzene rings is 1. The van der Waals surface area contributed by atoms with Gasteiger partial charge < -0.3 is 5.21 Å². The van der Waals surface area contributed by atoms with Gasteiger partial charge in [0.05, 0.1) is 5.75 Å². The van der Waals surface area contributed by atoms with E-state index in [9.17, 15) is 13.6 Å². The number of nitrogens with zero attached hydrogens (tertiary/aromatic N) is 1. The predicted octanol–water partition coefficient (Wildman–Crippen LogP) is 2.60. The van der Waals surface area contributed by atoms with Gasteiger partial charge in [0, 0.05) is 27.7 Å². The summed E-state index contributed by atoms with van der Waals surface area (Å²) in [5, 5.41) is 11.7. The lowest BCUT2D eigenvalue weighted by atomic mass is 10.2. The van der Waals surface area contributed by atoms with Crippen molar-refractivity contribution in [1.82, 2.24) is 0 Å². The zero-order valence-corrected chi connectivity index (χ0v) is 11.9. The Bertz CT molecular complexity index is 696. The molecule has 2 aromatic rings. The summed E-state index contributed by atoms with van der Waals surface area (Å²) in [4.78, 5) is 0. The van der Waals surface area contributed by atoms with Gasteiger partial charge in [-0.15, -0.1) is 0 Å². The first-order valence-electron chi connectivity index (χ1n) is 5.25. The van der Waals surface area contributed by atoms with E-state index in [1.54, 1.807) is 18.2 Å². The van der Waals surface area contributed by atoms with Gasteiger partial charge in [-0.2, -0.15) is 4.73 Å². The van der Waals surface area contributed by atoms with Crippen molar-refractivity contribution in [3.05, 3.63) is 63.4 Å². The van der Waals surface area contributed by atoms with Gasteiger partial charge in [-0.25, -0.2) is 8.42 Å². The molecule has 0 aliphatic heterocycles. The van der Waals surface area contributed by atoms with Crippen LogP contribution in [-0.4, -0.2) is 8.42 Å². The van der Waals surface area contributed by atoms with Crippen LogP contribution in [0.1, 0.15) is 5.56 Å². The number of rotatable bonds is 3. The molecule has 0 fully saturated rings. The minimum Gasteiger partial charge on any atom is -0.618 e. The quantitative estimate of drug-likeness (QED) is 0.645. The fourth-order valence-corrected chi connectivity index (χ4v) is 3.74. The number of hydrogen-bond acceptors (Lipinski definition) is 3. The molecule has 1 aromatic heterocycles. The minimum atomic E-state index is -3.81. The average Bonchev–Trinajstić information content (AvgIpc) is 2.34. The Kier molecular flexibility index (Phi) is 3.99. The molecule has 0 saturated carbocycles. The fourth-order valence-electron chi connectivity index (χ4n) is 1.59. The summed E-state index contributed by atoms with van der Waals surface area (Å²) in [5.74, 6) is -0.419. The molecule has 0 bridgehead atoms. The maximum Gasteiger partial charge on any atom is 0.308 e. The Balaban J connectivity index is 2.46. The monoisotopic (exact) mass is 317 g/mol. The molecule has 0 aliphatic rings. The van der Waals surface area contributed by atoms with Crippen molar-refractivity contribution in [2.75, 3.05) is 0 Å². The number of aromatic nitrogens is 1. The molecular weight excluding hydrogens is 309 g/mol. The SMILES string of the molecule is O=S(=O)(Cc1c(Cl)cccc1Cl)c1cccc[n+]1[O-]. The highest BCUT2D eigenvalue weighted by molar-refractivity contribution is 7.90. The fraction of sp³-hybridized carbons (Fsp3) is 0.0833. The van der Waals surface area contributed by atoms with E-state index in [1.165, 1.54) is 18.2 Å². The summed E-state index contributed by atoms with van der Waals surface area (Å²) in [6.07, 6.45) is 1.13. The molecule has 0 N–H and O–H groups in total. The molecule has 0 atom stereocenters. The molecule has 0 saturated heterocycles. The summed E-state index contributed by atoms with van der Waals surface area (Å²) in [6.45, 7) is 0. The van der Waals surface area contributed by atoms with Crippen LogP contribution < -0.4 is 4.73 Å². The molecule has 0 amide bonds. The van der Waals surface area contributed by atoms with Gasteiger partial charge in [0.2, 0.25) is 9.84 Å². The highest BCUT2D eigenvalue weighted by Gasteiger charge is 2.25. The Labute approximate surface area is 120 Å². The lowest BCUT2D eigenvalue weighted by Crippen LogP contribution is -2.33. The predicted molar refractivity (Wildman–Crippen MR) is 72.8 cm³/mol. The van der Waals surface area contributed by atoms with Crippen LogP contribution in [0.3, 0.4) is 0 Å². The summed E-state index contributed by atoms with van der Waals surface area (Å²) in [6, 6.07) is 8.90. The van der Waals surface area contributed by atoms with Gasteiger partial charge in [0.1, 0.15) is 0 Å². The first-order valence-corrected chi connectivity index (χ1v) is 7.66. The molecule has 2 rings (SSSR count). The zero-order valence-electron chi connectivity index (χ0n) is 9.58. The molecule has 0 aliphatic carbocycles. The van der Waals surface area contributed by atoms with E-state index in [-0.39, 0.29) is 20.6 Å². The molecule has 100 valence electrons. The molecule has 0 unspecified atom stereocenters. The third kappa shape index (κ3) is 3.00. The van der Waals surface area contributed by atoms with Crippen LogP contribution >= 0.6 is 23.2 Å². The van der Waals surface area contributed by atoms with Crippen LogP contribution in [0.15, 0.2) is 47.6 Å². The molecule has 19 heavy (non-hydrogen) atoms. The van der Waals surface area contributed by atoms with Crippen molar-refractivity contribution in [3.8, 4) is 0 Å². The lowest BCUT2D eigenvalue weighted by molar-refractivity contribution is -0.646. The smallest absolute Gasteiger partial charge is 0.308 e. The average molecular weight is 318 g/mol. The number of hydrogen-bond donors (Lipinski definition) is 0. The molecule has 1 aromatic carbocycles. The van der Waals surface area contributed by atoms with Crippen molar-refractivity contribution >= 4 is 33.0 Å². The van der Waals surface area contributed by atoms with Gasteiger partial charge in [0.15, 0.2) is 6.20 Å². The highest BCUT2D eigenvalue weighted by atomic mass is 35.5. The highest BCUT2D eigenvalue weighted by Crippen LogP contribution is 2.27. The first kappa shape index (κ1) is 14.1. The Hall–Kier alpha value is -1.30. The topological polar surface area (TPSA) is 61.1 Å². The van der Waals surface area contributed by atoms with Gasteiger partial charge in [0.25, 0.3) is 0 Å². The molecule has 0 radical (unpaired) electrons. The first-order chi connectivity index (χ1) is 8.92. The van der Waals surface area contributed by atoms with E-state index < -0.39 is 15.6 Å². The summed E-state index contributed by atoms with van der Waals surface area (Å²) >= 11 is 11.9. The largest absolute Gasteiger partial charge is 0.618 e. The van der Waals surface area contributed by atoms with Crippen molar-refractivity contribution in [2.24, 2.45) is 0 Å². The van der Waals surface area contributed by atoms with Crippen LogP contribution in [0.2, 0.25) is 10.0 Å². The lowest BCUT2D eigenvalue weighted by Gasteiger charge is -2.08. The normalized spacial score (nSPS) is 11.5. The molecule has 1 heterocycles. The van der Waals surface area contributed by atoms with E-state index >= 15 is 0 Å². The maximum atomic E-state index is 12.2. The third-order valence-corrected chi connectivity index (χ3v) is 4.83. The summed E-state index contributed by atoms with van der Waals surface area (Å²) in [7, 11) is -3.81. The van der Waals surface area contributed by atoms with Crippen LogP contribution in [-0.2, 0) is 15.6 Å². The third-order valence-electron chi connectivity index (χ3n) is 2.50. The standard InChI is InChI=1S/C12H9Cl2NO3S/c13-10-4-3-5-11(14)9(10)8-19(17,18)12-6-1-2-7-15(12)16/h1-7H,8H2. The van der Waals surface area contributed by atoms with E-state index in [4.69, 9.17) is 23.2 Å². The van der Waals surface area contributed by atoms with E-state index in [1.807, 2.05) is 0 Å². The molecular formula is C12H9Cl2NO3S. The van der Waals surface area contributed by atoms with Crippen LogP contribution in [0.4, 0.5) is 0 Å². The van der Waals surface area contributed by atoms with Gasteiger partial charge in [-0.1, -0.05) is 29.3 Å². The summed E-state index contributed by atoms with van der Waals surface area (Å²) in [5.41, 5.74) is 0.287. The second kappa shape index (κ2) is 5.36. The zero-order chi connectivity index (χ0) is 14.0. The van der Waals surface area contributed by atoms with Gasteiger partial charge in [-0.05, 0) is 18.2 Å². The van der Waals surface area contributed by atoms with E-state index in [0.717, 1.165) is 6.20 Å². The Morgan fingerprint density at radius 2 is 1.68 bits per heavy atom. The van der Waals surface area contributed by atoms with Gasteiger partial charge >= 0.3 is 5.03 Å². The number of pyridine rings is 1.